The van der Waals surface area contributed by atoms with E-state index >= 15 is 0 Å². The second kappa shape index (κ2) is 8.85. The van der Waals surface area contributed by atoms with Crippen molar-refractivity contribution in [2.24, 2.45) is 0 Å². The normalized spacial score (nSPS) is 18.6. The molecule has 1 saturated heterocycles. The van der Waals surface area contributed by atoms with Crippen LogP contribution in [0.3, 0.4) is 0 Å². The third kappa shape index (κ3) is 4.39. The van der Waals surface area contributed by atoms with Crippen LogP contribution in [0.15, 0.2) is 30.0 Å². The lowest BCUT2D eigenvalue weighted by Gasteiger charge is -2.36. The number of hydrogen-bond donors (Lipinski definition) is 1. The maximum atomic E-state index is 10.7. The Labute approximate surface area is 175 Å². The number of halogens is 1. The lowest BCUT2D eigenvalue weighted by molar-refractivity contribution is 0.239. The van der Waals surface area contributed by atoms with Crippen molar-refractivity contribution in [2.45, 2.75) is 32.2 Å². The largest absolute Gasteiger partial charge is 0.509 e. The lowest BCUT2D eigenvalue weighted by Crippen LogP contribution is -2.47. The van der Waals surface area contributed by atoms with Crippen LogP contribution in [0.25, 0.3) is 5.57 Å². The molecule has 0 radical (unpaired) electrons. The average molecular weight is 413 g/mol. The van der Waals surface area contributed by atoms with Gasteiger partial charge in [0.1, 0.15) is 23.2 Å². The van der Waals surface area contributed by atoms with E-state index in [0.29, 0.717) is 12.4 Å². The van der Waals surface area contributed by atoms with Crippen LogP contribution in [0.1, 0.15) is 30.9 Å². The lowest BCUT2D eigenvalue weighted by atomic mass is 10.2. The van der Waals surface area contributed by atoms with Crippen LogP contribution in [-0.4, -0.2) is 57.5 Å². The summed E-state index contributed by atoms with van der Waals surface area (Å²) in [5, 5.41) is 29.6. The van der Waals surface area contributed by atoms with Crippen molar-refractivity contribution in [2.75, 3.05) is 37.6 Å². The van der Waals surface area contributed by atoms with Gasteiger partial charge in [0.15, 0.2) is 5.82 Å². The predicted octanol–water partition coefficient (Wildman–Crippen LogP) is 3.27. The van der Waals surface area contributed by atoms with Crippen LogP contribution in [0.5, 0.6) is 0 Å². The van der Waals surface area contributed by atoms with Gasteiger partial charge in [-0.3, -0.25) is 4.90 Å². The summed E-state index contributed by atoms with van der Waals surface area (Å²) in [7, 11) is 0. The van der Waals surface area contributed by atoms with E-state index in [9.17, 15) is 10.4 Å². The molecule has 4 rings (SSSR count). The van der Waals surface area contributed by atoms with Crippen LogP contribution in [-0.2, 0) is 13.0 Å². The Morgan fingerprint density at radius 2 is 1.93 bits per heavy atom. The number of aliphatic hydroxyl groups is 1. The molecule has 2 aliphatic rings. The zero-order valence-electron chi connectivity index (χ0n) is 16.4. The number of aliphatic hydroxyl groups excluding tert-OH is 1. The molecule has 0 atom stereocenters. The van der Waals surface area contributed by atoms with Crippen LogP contribution in [0, 0.1) is 11.3 Å². The molecule has 1 N–H and O–H groups in total. The smallest absolute Gasteiger partial charge is 0.178 e. The summed E-state index contributed by atoms with van der Waals surface area (Å²) >= 11 is 6.10. The number of fused-ring (bicyclic) bond motifs is 1. The number of anilines is 1. The molecule has 0 bridgehead atoms. The number of hydrogen-bond acceptors (Lipinski definition) is 6. The first-order chi connectivity index (χ1) is 14.2. The highest BCUT2D eigenvalue weighted by molar-refractivity contribution is 6.30. The first-order valence-corrected chi connectivity index (χ1v) is 10.5. The zero-order valence-corrected chi connectivity index (χ0v) is 17.1. The van der Waals surface area contributed by atoms with Gasteiger partial charge >= 0.3 is 0 Å². The first kappa shape index (κ1) is 19.7. The average Bonchev–Trinajstić information content (AvgIpc) is 2.96. The number of aromatic nitrogens is 3. The Bertz CT molecular complexity index is 939. The van der Waals surface area contributed by atoms with Crippen molar-refractivity contribution >= 4 is 22.9 Å². The SMILES string of the molecule is N#C/C(=C(/O)CN1CCN(c2cccc(Cl)c2)CC1)c1nnc2n1CCCCC2. The molecule has 0 amide bonds. The Morgan fingerprint density at radius 3 is 2.69 bits per heavy atom. The molecular formula is C21H25ClN6O. The first-order valence-electron chi connectivity index (χ1n) is 10.1. The van der Waals surface area contributed by atoms with Gasteiger partial charge in [-0.1, -0.05) is 24.1 Å². The molecule has 0 spiro atoms. The van der Waals surface area contributed by atoms with E-state index in [2.05, 4.69) is 32.1 Å². The molecule has 7 nitrogen and oxygen atoms in total. The third-order valence-corrected chi connectivity index (χ3v) is 5.89. The topological polar surface area (TPSA) is 81.2 Å². The molecule has 1 aromatic carbocycles. The monoisotopic (exact) mass is 412 g/mol. The van der Waals surface area contributed by atoms with Crippen molar-refractivity contribution in [3.8, 4) is 6.07 Å². The molecule has 0 aliphatic carbocycles. The third-order valence-electron chi connectivity index (χ3n) is 5.65. The highest BCUT2D eigenvalue weighted by atomic mass is 35.5. The van der Waals surface area contributed by atoms with Crippen molar-refractivity contribution in [3.05, 3.63) is 46.7 Å². The number of nitrogens with zero attached hydrogens (tertiary/aromatic N) is 6. The molecule has 3 heterocycles. The van der Waals surface area contributed by atoms with Gasteiger partial charge in [0.2, 0.25) is 0 Å². The molecular weight excluding hydrogens is 388 g/mol. The van der Waals surface area contributed by atoms with Crippen LogP contribution < -0.4 is 4.90 Å². The summed E-state index contributed by atoms with van der Waals surface area (Å²) in [6.45, 7) is 4.43. The van der Waals surface area contributed by atoms with E-state index in [0.717, 1.165) is 74.9 Å². The Hall–Kier alpha value is -2.56. The van der Waals surface area contributed by atoms with Gasteiger partial charge in [-0.2, -0.15) is 5.26 Å². The zero-order chi connectivity index (χ0) is 20.2. The fourth-order valence-corrected chi connectivity index (χ4v) is 4.23. The van der Waals surface area contributed by atoms with Crippen molar-refractivity contribution < 1.29 is 5.11 Å². The van der Waals surface area contributed by atoms with E-state index in [1.807, 2.05) is 22.8 Å². The Morgan fingerprint density at radius 1 is 1.10 bits per heavy atom. The van der Waals surface area contributed by atoms with E-state index in [4.69, 9.17) is 11.6 Å². The van der Waals surface area contributed by atoms with Gasteiger partial charge < -0.3 is 14.6 Å². The fourth-order valence-electron chi connectivity index (χ4n) is 4.04. The maximum absolute atomic E-state index is 10.7. The summed E-state index contributed by atoms with van der Waals surface area (Å²) in [6, 6.07) is 10.0. The fraction of sp³-hybridized carbons (Fsp3) is 0.476. The summed E-state index contributed by atoms with van der Waals surface area (Å²) in [6.07, 6.45) is 4.16. The van der Waals surface area contributed by atoms with Crippen LogP contribution in [0.4, 0.5) is 5.69 Å². The number of piperazine rings is 1. The van der Waals surface area contributed by atoms with Gasteiger partial charge in [0.25, 0.3) is 0 Å². The second-order valence-electron chi connectivity index (χ2n) is 7.58. The summed E-state index contributed by atoms with van der Waals surface area (Å²) < 4.78 is 2.00. The maximum Gasteiger partial charge on any atom is 0.178 e. The molecule has 0 saturated carbocycles. The molecule has 0 unspecified atom stereocenters. The van der Waals surface area contributed by atoms with Crippen LogP contribution >= 0.6 is 11.6 Å². The standard InChI is InChI=1S/C21H25ClN6O/c22-16-5-4-6-17(13-16)27-11-9-26(10-12-27)15-19(29)18(14-23)21-25-24-20-7-2-1-3-8-28(20)21/h4-6,13,29H,1-3,7-12,15H2/b19-18-. The summed E-state index contributed by atoms with van der Waals surface area (Å²) in [5.41, 5.74) is 1.35. The van der Waals surface area contributed by atoms with E-state index in [1.165, 1.54) is 0 Å². The number of allylic oxidation sites excluding steroid dienone is 1. The van der Waals surface area contributed by atoms with E-state index < -0.39 is 0 Å². The summed E-state index contributed by atoms with van der Waals surface area (Å²) in [5.74, 6) is 1.48. The quantitative estimate of drug-likeness (QED) is 0.613. The number of benzene rings is 1. The van der Waals surface area contributed by atoms with Gasteiger partial charge in [-0.15, -0.1) is 10.2 Å². The number of nitriles is 1. The molecule has 1 fully saturated rings. The van der Waals surface area contributed by atoms with Crippen molar-refractivity contribution in [1.29, 1.82) is 5.26 Å². The van der Waals surface area contributed by atoms with Crippen LogP contribution in [0.2, 0.25) is 5.02 Å². The molecule has 2 aliphatic heterocycles. The van der Waals surface area contributed by atoms with E-state index in [-0.39, 0.29) is 11.3 Å². The highest BCUT2D eigenvalue weighted by Crippen LogP contribution is 2.23. The Kier molecular flexibility index (Phi) is 6.02. The van der Waals surface area contributed by atoms with Crippen molar-refractivity contribution in [1.82, 2.24) is 19.7 Å². The second-order valence-corrected chi connectivity index (χ2v) is 8.02. The molecule has 29 heavy (non-hydrogen) atoms. The minimum absolute atomic E-state index is 0.0724. The van der Waals surface area contributed by atoms with Gasteiger partial charge in [0, 0.05) is 49.9 Å². The highest BCUT2D eigenvalue weighted by Gasteiger charge is 2.23. The van der Waals surface area contributed by atoms with Gasteiger partial charge in [0.05, 0.1) is 6.54 Å². The van der Waals surface area contributed by atoms with E-state index in [1.54, 1.807) is 0 Å². The minimum atomic E-state index is 0.0724. The van der Waals surface area contributed by atoms with Crippen molar-refractivity contribution in [3.63, 3.8) is 0 Å². The minimum Gasteiger partial charge on any atom is -0.509 e. The number of rotatable bonds is 4. The Balaban J connectivity index is 1.44. The van der Waals surface area contributed by atoms with Gasteiger partial charge in [-0.05, 0) is 31.0 Å². The van der Waals surface area contributed by atoms with Gasteiger partial charge in [-0.25, -0.2) is 0 Å². The molecule has 1 aromatic heterocycles. The molecule has 8 heteroatoms. The predicted molar refractivity (Wildman–Crippen MR) is 113 cm³/mol. The molecule has 2 aromatic rings. The number of aryl methyl sites for hydroxylation is 1. The summed E-state index contributed by atoms with van der Waals surface area (Å²) in [4.78, 5) is 4.44. The molecule has 152 valence electrons.